The Kier molecular flexibility index (Phi) is 3.20. The van der Waals surface area contributed by atoms with Gasteiger partial charge in [0.05, 0.1) is 5.41 Å². The summed E-state index contributed by atoms with van der Waals surface area (Å²) >= 11 is 0. The summed E-state index contributed by atoms with van der Waals surface area (Å²) in [6.07, 6.45) is 2.56. The van der Waals surface area contributed by atoms with Crippen LogP contribution in [0.3, 0.4) is 0 Å². The fourth-order valence-corrected chi connectivity index (χ4v) is 2.98. The molecule has 0 radical (unpaired) electrons. The van der Waals surface area contributed by atoms with Crippen molar-refractivity contribution in [3.63, 3.8) is 0 Å². The van der Waals surface area contributed by atoms with E-state index in [4.69, 9.17) is 0 Å². The zero-order chi connectivity index (χ0) is 15.0. The molecule has 2 heterocycles. The predicted octanol–water partition coefficient (Wildman–Crippen LogP) is 1.77. The number of aromatic nitrogens is 1. The van der Waals surface area contributed by atoms with E-state index in [-0.39, 0.29) is 11.8 Å². The maximum absolute atomic E-state index is 12.6. The minimum Gasteiger partial charge on any atom is -0.361 e. The summed E-state index contributed by atoms with van der Waals surface area (Å²) in [5.74, 6) is -0.0169. The fraction of sp³-hybridized carbons (Fsp3) is 0.375. The molecule has 1 fully saturated rings. The number of nitrogens with one attached hydrogen (secondary N) is 2. The van der Waals surface area contributed by atoms with Gasteiger partial charge in [0.25, 0.3) is 5.91 Å². The zero-order valence-corrected chi connectivity index (χ0v) is 12.3. The number of benzene rings is 1. The number of carbonyl (C=O) groups is 2. The third-order valence-electron chi connectivity index (χ3n) is 4.34. The normalized spacial score (nSPS) is 21.7. The van der Waals surface area contributed by atoms with Crippen molar-refractivity contribution < 1.29 is 9.59 Å². The molecule has 0 spiro atoms. The van der Waals surface area contributed by atoms with Gasteiger partial charge >= 0.3 is 0 Å². The van der Waals surface area contributed by atoms with Crippen LogP contribution in [0.15, 0.2) is 30.5 Å². The van der Waals surface area contributed by atoms with Gasteiger partial charge in [0.1, 0.15) is 0 Å². The number of carbonyl (C=O) groups excluding carboxylic acids is 2. The minimum absolute atomic E-state index is 0.00220. The van der Waals surface area contributed by atoms with E-state index in [2.05, 4.69) is 10.3 Å². The molecule has 21 heavy (non-hydrogen) atoms. The van der Waals surface area contributed by atoms with E-state index in [1.807, 2.05) is 37.4 Å². The largest absolute Gasteiger partial charge is 0.361 e. The van der Waals surface area contributed by atoms with Gasteiger partial charge in [0, 0.05) is 37.4 Å². The maximum atomic E-state index is 12.6. The number of rotatable bonds is 2. The van der Waals surface area contributed by atoms with Crippen molar-refractivity contribution in [2.45, 2.75) is 13.3 Å². The molecular weight excluding hydrogens is 266 g/mol. The molecule has 2 amide bonds. The van der Waals surface area contributed by atoms with Crippen molar-refractivity contribution in [1.82, 2.24) is 15.2 Å². The van der Waals surface area contributed by atoms with Crippen molar-refractivity contribution in [3.05, 3.63) is 36.0 Å². The van der Waals surface area contributed by atoms with Crippen LogP contribution >= 0.6 is 0 Å². The van der Waals surface area contributed by atoms with Crippen LogP contribution < -0.4 is 5.32 Å². The molecule has 2 N–H and O–H groups in total. The Hall–Kier alpha value is -2.30. The Labute approximate surface area is 123 Å². The highest BCUT2D eigenvalue weighted by Gasteiger charge is 2.41. The van der Waals surface area contributed by atoms with Gasteiger partial charge in [-0.05, 0) is 36.9 Å². The zero-order valence-electron chi connectivity index (χ0n) is 12.3. The second-order valence-corrected chi connectivity index (χ2v) is 5.90. The number of aromatic amines is 1. The summed E-state index contributed by atoms with van der Waals surface area (Å²) in [4.78, 5) is 29.4. The Morgan fingerprint density at radius 2 is 2.14 bits per heavy atom. The summed E-state index contributed by atoms with van der Waals surface area (Å²) < 4.78 is 0. The van der Waals surface area contributed by atoms with Gasteiger partial charge in [-0.3, -0.25) is 9.59 Å². The highest BCUT2D eigenvalue weighted by molar-refractivity contribution is 5.98. The van der Waals surface area contributed by atoms with E-state index in [1.165, 1.54) is 0 Å². The standard InChI is InChI=1S/C16H19N3O2/c1-16(15(21)17-2)6-8-19(10-16)14(20)12-4-3-11-5-7-18-13(11)9-12/h3-5,7,9,18H,6,8,10H2,1-2H3,(H,17,21). The van der Waals surface area contributed by atoms with E-state index >= 15 is 0 Å². The van der Waals surface area contributed by atoms with E-state index in [9.17, 15) is 9.59 Å². The Balaban J connectivity index is 1.81. The van der Waals surface area contributed by atoms with Gasteiger partial charge in [-0.2, -0.15) is 0 Å². The topological polar surface area (TPSA) is 65.2 Å². The number of hydrogen-bond donors (Lipinski definition) is 2. The van der Waals surface area contributed by atoms with Crippen LogP contribution in [0.4, 0.5) is 0 Å². The second-order valence-electron chi connectivity index (χ2n) is 5.90. The molecule has 0 aliphatic carbocycles. The smallest absolute Gasteiger partial charge is 0.253 e. The van der Waals surface area contributed by atoms with Crippen molar-refractivity contribution in [2.75, 3.05) is 20.1 Å². The first-order chi connectivity index (χ1) is 10.0. The average molecular weight is 285 g/mol. The average Bonchev–Trinajstić information content (AvgIpc) is 3.12. The number of amides is 2. The molecule has 5 heteroatoms. The van der Waals surface area contributed by atoms with Crippen molar-refractivity contribution >= 4 is 22.7 Å². The van der Waals surface area contributed by atoms with Gasteiger partial charge in [0.15, 0.2) is 0 Å². The second kappa shape index (κ2) is 4.91. The highest BCUT2D eigenvalue weighted by Crippen LogP contribution is 2.31. The molecule has 5 nitrogen and oxygen atoms in total. The number of fused-ring (bicyclic) bond motifs is 1. The quantitative estimate of drug-likeness (QED) is 0.883. The van der Waals surface area contributed by atoms with Gasteiger partial charge in [-0.1, -0.05) is 6.07 Å². The van der Waals surface area contributed by atoms with E-state index in [1.54, 1.807) is 11.9 Å². The molecule has 110 valence electrons. The molecule has 1 aromatic heterocycles. The summed E-state index contributed by atoms with van der Waals surface area (Å²) in [5.41, 5.74) is 1.13. The minimum atomic E-state index is -0.485. The summed E-state index contributed by atoms with van der Waals surface area (Å²) in [5, 5.41) is 3.77. The van der Waals surface area contributed by atoms with Crippen LogP contribution in [-0.4, -0.2) is 41.8 Å². The lowest BCUT2D eigenvalue weighted by molar-refractivity contribution is -0.128. The van der Waals surface area contributed by atoms with Crippen molar-refractivity contribution in [3.8, 4) is 0 Å². The van der Waals surface area contributed by atoms with E-state index < -0.39 is 5.41 Å². The molecule has 1 aliphatic rings. The number of H-pyrrole nitrogens is 1. The first-order valence-corrected chi connectivity index (χ1v) is 7.12. The lowest BCUT2D eigenvalue weighted by atomic mass is 9.89. The number of hydrogen-bond acceptors (Lipinski definition) is 2. The molecule has 3 rings (SSSR count). The highest BCUT2D eigenvalue weighted by atomic mass is 16.2. The van der Waals surface area contributed by atoms with Gasteiger partial charge in [0.2, 0.25) is 5.91 Å². The number of nitrogens with zero attached hydrogens (tertiary/aromatic N) is 1. The molecule has 0 bridgehead atoms. The van der Waals surface area contributed by atoms with Crippen LogP contribution in [0.25, 0.3) is 10.9 Å². The Morgan fingerprint density at radius 1 is 1.33 bits per heavy atom. The van der Waals surface area contributed by atoms with E-state index in [0.717, 1.165) is 10.9 Å². The van der Waals surface area contributed by atoms with Crippen molar-refractivity contribution in [2.24, 2.45) is 5.41 Å². The molecule has 2 aromatic rings. The first kappa shape index (κ1) is 13.7. The number of likely N-dealkylation sites (tertiary alicyclic amines) is 1. The van der Waals surface area contributed by atoms with E-state index in [0.29, 0.717) is 25.1 Å². The third kappa shape index (κ3) is 2.28. The van der Waals surface area contributed by atoms with Crippen LogP contribution in [0.5, 0.6) is 0 Å². The first-order valence-electron chi connectivity index (χ1n) is 7.12. The summed E-state index contributed by atoms with van der Waals surface area (Å²) in [6, 6.07) is 7.62. The molecular formula is C16H19N3O2. The maximum Gasteiger partial charge on any atom is 0.253 e. The monoisotopic (exact) mass is 285 g/mol. The lowest BCUT2D eigenvalue weighted by Crippen LogP contribution is -2.40. The van der Waals surface area contributed by atoms with Gasteiger partial charge < -0.3 is 15.2 Å². The lowest BCUT2D eigenvalue weighted by Gasteiger charge is -2.22. The van der Waals surface area contributed by atoms with Crippen LogP contribution in [0, 0.1) is 5.41 Å². The van der Waals surface area contributed by atoms with Gasteiger partial charge in [-0.15, -0.1) is 0 Å². The molecule has 1 saturated heterocycles. The SMILES string of the molecule is CNC(=O)C1(C)CCN(C(=O)c2ccc3cc[nH]c3c2)C1. The third-order valence-corrected chi connectivity index (χ3v) is 4.34. The Morgan fingerprint density at radius 3 is 2.90 bits per heavy atom. The molecule has 1 unspecified atom stereocenters. The Bertz CT molecular complexity index is 706. The summed E-state index contributed by atoms with van der Waals surface area (Å²) in [6.45, 7) is 2.99. The summed E-state index contributed by atoms with van der Waals surface area (Å²) in [7, 11) is 1.64. The van der Waals surface area contributed by atoms with Crippen LogP contribution in [0.1, 0.15) is 23.7 Å². The predicted molar refractivity (Wildman–Crippen MR) is 81.0 cm³/mol. The fourth-order valence-electron chi connectivity index (χ4n) is 2.98. The van der Waals surface area contributed by atoms with Crippen LogP contribution in [0.2, 0.25) is 0 Å². The van der Waals surface area contributed by atoms with Gasteiger partial charge in [-0.25, -0.2) is 0 Å². The molecule has 1 aliphatic heterocycles. The molecule has 1 aromatic carbocycles. The molecule has 0 saturated carbocycles. The van der Waals surface area contributed by atoms with Crippen molar-refractivity contribution in [1.29, 1.82) is 0 Å². The molecule has 1 atom stereocenters. The van der Waals surface area contributed by atoms with Crippen LogP contribution in [-0.2, 0) is 4.79 Å².